The highest BCUT2D eigenvalue weighted by atomic mass is 35.5. The van der Waals surface area contributed by atoms with Crippen LogP contribution in [0, 0.1) is 0 Å². The molecular formula is C15H20ClNO2. The number of aliphatic hydroxyl groups is 1. The highest BCUT2D eigenvalue weighted by molar-refractivity contribution is 6.30. The van der Waals surface area contributed by atoms with E-state index in [0.29, 0.717) is 25.8 Å². The van der Waals surface area contributed by atoms with Gasteiger partial charge in [0.25, 0.3) is 0 Å². The van der Waals surface area contributed by atoms with E-state index in [9.17, 15) is 5.11 Å². The summed E-state index contributed by atoms with van der Waals surface area (Å²) >= 11 is 5.81. The third-order valence-electron chi connectivity index (χ3n) is 3.14. The zero-order valence-corrected chi connectivity index (χ0v) is 11.6. The fourth-order valence-electron chi connectivity index (χ4n) is 2.04. The molecule has 4 heteroatoms. The summed E-state index contributed by atoms with van der Waals surface area (Å²) < 4.78 is 5.49. The number of nitrogens with one attached hydrogen (secondary N) is 1. The van der Waals surface area contributed by atoms with Crippen LogP contribution in [0.5, 0.6) is 0 Å². The van der Waals surface area contributed by atoms with Gasteiger partial charge < -0.3 is 15.2 Å². The van der Waals surface area contributed by atoms with Crippen LogP contribution in [-0.4, -0.2) is 30.4 Å². The van der Waals surface area contributed by atoms with E-state index in [2.05, 4.69) is 17.5 Å². The molecule has 0 aliphatic heterocycles. The maximum atomic E-state index is 9.80. The number of rotatable bonds is 7. The van der Waals surface area contributed by atoms with Gasteiger partial charge in [0.15, 0.2) is 0 Å². The van der Waals surface area contributed by atoms with Gasteiger partial charge in [0.2, 0.25) is 0 Å². The second kappa shape index (κ2) is 7.65. The summed E-state index contributed by atoms with van der Waals surface area (Å²) in [7, 11) is 0. The Morgan fingerprint density at radius 3 is 2.63 bits per heavy atom. The third-order valence-corrected chi connectivity index (χ3v) is 3.39. The van der Waals surface area contributed by atoms with Gasteiger partial charge in [-0.05, 0) is 30.5 Å². The van der Waals surface area contributed by atoms with Gasteiger partial charge in [-0.2, -0.15) is 0 Å². The molecule has 0 fully saturated rings. The van der Waals surface area contributed by atoms with Crippen LogP contribution in [0.2, 0.25) is 5.02 Å². The Bertz CT molecular complexity index is 397. The van der Waals surface area contributed by atoms with E-state index in [1.54, 1.807) is 0 Å². The molecular weight excluding hydrogens is 262 g/mol. The molecule has 3 nitrogen and oxygen atoms in total. The first-order valence-electron chi connectivity index (χ1n) is 6.62. The first kappa shape index (κ1) is 14.5. The average Bonchev–Trinajstić information content (AvgIpc) is 2.92. The minimum absolute atomic E-state index is 0.343. The summed E-state index contributed by atoms with van der Waals surface area (Å²) in [5.41, 5.74) is 1.06. The summed E-state index contributed by atoms with van der Waals surface area (Å²) in [5.74, 6) is 0. The summed E-state index contributed by atoms with van der Waals surface area (Å²) in [5, 5.41) is 13.9. The molecule has 2 rings (SSSR count). The van der Waals surface area contributed by atoms with Crippen molar-refractivity contribution in [2.75, 3.05) is 13.2 Å². The normalized spacial score (nSPS) is 16.9. The monoisotopic (exact) mass is 281 g/mol. The quantitative estimate of drug-likeness (QED) is 0.755. The van der Waals surface area contributed by atoms with Crippen molar-refractivity contribution in [2.45, 2.75) is 31.6 Å². The first-order chi connectivity index (χ1) is 9.24. The summed E-state index contributed by atoms with van der Waals surface area (Å²) in [6.45, 7) is 1.42. The smallest absolute Gasteiger partial charge is 0.0897 e. The Morgan fingerprint density at radius 1 is 1.26 bits per heavy atom. The van der Waals surface area contributed by atoms with Crippen LogP contribution >= 0.6 is 11.6 Å². The first-order valence-corrected chi connectivity index (χ1v) is 7.00. The minimum Gasteiger partial charge on any atom is -0.389 e. The summed E-state index contributed by atoms with van der Waals surface area (Å²) in [6.07, 6.45) is 5.98. The second-order valence-corrected chi connectivity index (χ2v) is 5.28. The average molecular weight is 282 g/mol. The van der Waals surface area contributed by atoms with Gasteiger partial charge in [-0.15, -0.1) is 0 Å². The number of ether oxygens (including phenoxy) is 1. The molecule has 0 bridgehead atoms. The van der Waals surface area contributed by atoms with Gasteiger partial charge in [0.05, 0.1) is 19.3 Å². The Labute approximate surface area is 119 Å². The Hall–Kier alpha value is -0.870. The van der Waals surface area contributed by atoms with Crippen molar-refractivity contribution in [2.24, 2.45) is 0 Å². The lowest BCUT2D eigenvalue weighted by Gasteiger charge is -2.16. The van der Waals surface area contributed by atoms with Gasteiger partial charge in [0, 0.05) is 17.6 Å². The molecule has 1 aliphatic rings. The third kappa shape index (κ3) is 5.33. The molecule has 2 N–H and O–H groups in total. The van der Waals surface area contributed by atoms with Crippen LogP contribution in [0.25, 0.3) is 0 Å². The van der Waals surface area contributed by atoms with Crippen molar-refractivity contribution in [3.63, 3.8) is 0 Å². The molecule has 0 radical (unpaired) electrons. The fourth-order valence-corrected chi connectivity index (χ4v) is 2.16. The molecule has 0 saturated carbocycles. The number of benzene rings is 1. The lowest BCUT2D eigenvalue weighted by molar-refractivity contribution is 0.0278. The van der Waals surface area contributed by atoms with Crippen molar-refractivity contribution in [3.05, 3.63) is 47.0 Å². The molecule has 1 aliphatic carbocycles. The van der Waals surface area contributed by atoms with Crippen molar-refractivity contribution in [3.8, 4) is 0 Å². The van der Waals surface area contributed by atoms with E-state index in [0.717, 1.165) is 23.4 Å². The molecule has 1 aromatic rings. The lowest BCUT2D eigenvalue weighted by Crippen LogP contribution is -2.36. The van der Waals surface area contributed by atoms with Crippen LogP contribution in [0.15, 0.2) is 36.4 Å². The standard InChI is InChI=1S/C15H20ClNO2/c16-13-7-5-12(6-8-13)10-19-11-15(18)9-17-14-3-1-2-4-14/h1-2,5-8,14-15,17-18H,3-4,9-11H2. The van der Waals surface area contributed by atoms with E-state index in [4.69, 9.17) is 16.3 Å². The number of halogens is 1. The Balaban J connectivity index is 1.58. The summed E-state index contributed by atoms with van der Waals surface area (Å²) in [6, 6.07) is 8.01. The lowest BCUT2D eigenvalue weighted by atomic mass is 10.2. The van der Waals surface area contributed by atoms with Gasteiger partial charge in [-0.25, -0.2) is 0 Å². The van der Waals surface area contributed by atoms with Crippen molar-refractivity contribution in [1.82, 2.24) is 5.32 Å². The zero-order valence-electron chi connectivity index (χ0n) is 10.9. The van der Waals surface area contributed by atoms with Gasteiger partial charge in [0.1, 0.15) is 0 Å². The van der Waals surface area contributed by atoms with Gasteiger partial charge in [-0.1, -0.05) is 35.9 Å². The predicted molar refractivity (Wildman–Crippen MR) is 77.3 cm³/mol. The highest BCUT2D eigenvalue weighted by Gasteiger charge is 2.11. The topological polar surface area (TPSA) is 41.5 Å². The van der Waals surface area contributed by atoms with Gasteiger partial charge in [-0.3, -0.25) is 0 Å². The van der Waals surface area contributed by atoms with Crippen molar-refractivity contribution < 1.29 is 9.84 Å². The SMILES string of the molecule is OC(CNC1CC=CC1)COCc1ccc(Cl)cc1. The molecule has 1 atom stereocenters. The number of hydrogen-bond acceptors (Lipinski definition) is 3. The van der Waals surface area contributed by atoms with Crippen molar-refractivity contribution >= 4 is 11.6 Å². The molecule has 0 amide bonds. The molecule has 0 heterocycles. The largest absolute Gasteiger partial charge is 0.389 e. The van der Waals surface area contributed by atoms with E-state index in [1.165, 1.54) is 0 Å². The Morgan fingerprint density at radius 2 is 1.95 bits per heavy atom. The number of hydrogen-bond donors (Lipinski definition) is 2. The molecule has 1 aromatic carbocycles. The maximum Gasteiger partial charge on any atom is 0.0897 e. The van der Waals surface area contributed by atoms with E-state index >= 15 is 0 Å². The molecule has 1 unspecified atom stereocenters. The molecule has 0 saturated heterocycles. The number of aliphatic hydroxyl groups excluding tert-OH is 1. The van der Waals surface area contributed by atoms with Crippen LogP contribution in [0.1, 0.15) is 18.4 Å². The van der Waals surface area contributed by atoms with Crippen LogP contribution < -0.4 is 5.32 Å². The van der Waals surface area contributed by atoms with E-state index in [1.807, 2.05) is 24.3 Å². The Kier molecular flexibility index (Phi) is 5.86. The van der Waals surface area contributed by atoms with E-state index < -0.39 is 6.10 Å². The van der Waals surface area contributed by atoms with Crippen LogP contribution in [0.3, 0.4) is 0 Å². The predicted octanol–water partition coefficient (Wildman–Crippen LogP) is 2.53. The summed E-state index contributed by atoms with van der Waals surface area (Å²) in [4.78, 5) is 0. The minimum atomic E-state index is -0.465. The highest BCUT2D eigenvalue weighted by Crippen LogP contribution is 2.11. The zero-order chi connectivity index (χ0) is 13.5. The maximum absolute atomic E-state index is 9.80. The second-order valence-electron chi connectivity index (χ2n) is 4.84. The molecule has 104 valence electrons. The molecule has 0 aromatic heterocycles. The van der Waals surface area contributed by atoms with Crippen LogP contribution in [0.4, 0.5) is 0 Å². The molecule has 0 spiro atoms. The van der Waals surface area contributed by atoms with Gasteiger partial charge >= 0.3 is 0 Å². The fraction of sp³-hybridized carbons (Fsp3) is 0.467. The van der Waals surface area contributed by atoms with Crippen molar-refractivity contribution in [1.29, 1.82) is 0 Å². The van der Waals surface area contributed by atoms with Crippen LogP contribution in [-0.2, 0) is 11.3 Å². The van der Waals surface area contributed by atoms with E-state index in [-0.39, 0.29) is 0 Å². The molecule has 19 heavy (non-hydrogen) atoms.